The molecule has 1 aliphatic rings. The van der Waals surface area contributed by atoms with Crippen molar-refractivity contribution in [2.24, 2.45) is 0 Å². The lowest BCUT2D eigenvalue weighted by atomic mass is 9.98. The zero-order chi connectivity index (χ0) is 17.2. The van der Waals surface area contributed by atoms with Gasteiger partial charge in [0.1, 0.15) is 5.60 Å². The smallest absolute Gasteiger partial charge is 0.415 e. The van der Waals surface area contributed by atoms with Gasteiger partial charge in [-0.2, -0.15) is 0 Å². The highest BCUT2D eigenvalue weighted by Gasteiger charge is 2.32. The number of amides is 1. The molecule has 2 aromatic rings. The highest BCUT2D eigenvalue weighted by Crippen LogP contribution is 2.28. The van der Waals surface area contributed by atoms with E-state index in [2.05, 4.69) is 17.4 Å². The molecule has 4 nitrogen and oxygen atoms in total. The molecule has 1 heterocycles. The van der Waals surface area contributed by atoms with E-state index in [1.54, 1.807) is 4.90 Å². The Hall–Kier alpha value is -2.49. The van der Waals surface area contributed by atoms with Crippen LogP contribution in [0.1, 0.15) is 26.3 Å². The second kappa shape index (κ2) is 6.56. The maximum absolute atomic E-state index is 12.8. The van der Waals surface area contributed by atoms with E-state index < -0.39 is 5.60 Å². The number of nitrogens with zero attached hydrogens (tertiary/aromatic N) is 1. The van der Waals surface area contributed by atoms with Gasteiger partial charge in [0.15, 0.2) is 0 Å². The average molecular weight is 324 g/mol. The van der Waals surface area contributed by atoms with Gasteiger partial charge in [0.05, 0.1) is 6.04 Å². The predicted molar refractivity (Wildman–Crippen MR) is 97.6 cm³/mol. The van der Waals surface area contributed by atoms with Crippen molar-refractivity contribution in [3.63, 3.8) is 0 Å². The zero-order valence-electron chi connectivity index (χ0n) is 14.5. The van der Waals surface area contributed by atoms with Crippen molar-refractivity contribution >= 4 is 17.5 Å². The normalized spacial score (nSPS) is 16.7. The molecule has 0 fully saturated rings. The number of para-hydroxylation sites is 2. The summed E-state index contributed by atoms with van der Waals surface area (Å²) in [4.78, 5) is 14.6. The van der Waals surface area contributed by atoms with Gasteiger partial charge in [-0.15, -0.1) is 0 Å². The third-order valence-electron chi connectivity index (χ3n) is 3.99. The lowest BCUT2D eigenvalue weighted by Gasteiger charge is -2.36. The van der Waals surface area contributed by atoms with Crippen LogP contribution >= 0.6 is 0 Å². The topological polar surface area (TPSA) is 41.6 Å². The van der Waals surface area contributed by atoms with Gasteiger partial charge in [-0.3, -0.25) is 4.90 Å². The van der Waals surface area contributed by atoms with Crippen LogP contribution in [0.3, 0.4) is 0 Å². The van der Waals surface area contributed by atoms with Crippen molar-refractivity contribution in [3.05, 3.63) is 60.2 Å². The third kappa shape index (κ3) is 3.70. The molecule has 1 aliphatic heterocycles. The first kappa shape index (κ1) is 16.4. The Morgan fingerprint density at radius 3 is 2.46 bits per heavy atom. The molecule has 0 saturated carbocycles. The van der Waals surface area contributed by atoms with Crippen LogP contribution < -0.4 is 10.2 Å². The van der Waals surface area contributed by atoms with E-state index in [-0.39, 0.29) is 12.1 Å². The Labute approximate surface area is 143 Å². The quantitative estimate of drug-likeness (QED) is 0.886. The van der Waals surface area contributed by atoms with Gasteiger partial charge in [-0.05, 0) is 51.0 Å². The van der Waals surface area contributed by atoms with Crippen LogP contribution in [0.4, 0.5) is 16.2 Å². The summed E-state index contributed by atoms with van der Waals surface area (Å²) in [5.74, 6) is 0. The maximum Gasteiger partial charge on any atom is 0.415 e. The Balaban J connectivity index is 1.90. The van der Waals surface area contributed by atoms with Crippen molar-refractivity contribution < 1.29 is 9.53 Å². The zero-order valence-corrected chi connectivity index (χ0v) is 14.5. The first-order chi connectivity index (χ1) is 11.4. The average Bonchev–Trinajstić information content (AvgIpc) is 2.54. The predicted octanol–water partition coefficient (Wildman–Crippen LogP) is 4.46. The summed E-state index contributed by atoms with van der Waals surface area (Å²) in [7, 11) is 0. The van der Waals surface area contributed by atoms with E-state index in [0.717, 1.165) is 17.8 Å². The molecule has 0 aliphatic carbocycles. The van der Waals surface area contributed by atoms with Crippen molar-refractivity contribution in [1.82, 2.24) is 0 Å². The van der Waals surface area contributed by atoms with Crippen molar-refractivity contribution in [1.29, 1.82) is 0 Å². The first-order valence-electron chi connectivity index (χ1n) is 8.33. The molecular formula is C20H24N2O2. The highest BCUT2D eigenvalue weighted by molar-refractivity contribution is 5.89. The van der Waals surface area contributed by atoms with Gasteiger partial charge in [0.25, 0.3) is 0 Å². The summed E-state index contributed by atoms with van der Waals surface area (Å²) in [5, 5.41) is 3.43. The van der Waals surface area contributed by atoms with Crippen molar-refractivity contribution in [2.45, 2.75) is 38.8 Å². The molecule has 1 atom stereocenters. The van der Waals surface area contributed by atoms with Crippen LogP contribution in [0.5, 0.6) is 0 Å². The van der Waals surface area contributed by atoms with E-state index in [1.807, 2.05) is 63.2 Å². The molecule has 2 aromatic carbocycles. The van der Waals surface area contributed by atoms with E-state index in [4.69, 9.17) is 4.74 Å². The molecule has 0 bridgehead atoms. The number of carbonyl (C=O) groups is 1. The summed E-state index contributed by atoms with van der Waals surface area (Å²) in [6, 6.07) is 18.0. The number of carbonyl (C=O) groups excluding carboxylic acids is 1. The molecule has 0 saturated heterocycles. The largest absolute Gasteiger partial charge is 0.443 e. The number of fused-ring (bicyclic) bond motifs is 1. The Morgan fingerprint density at radius 2 is 1.75 bits per heavy atom. The molecule has 126 valence electrons. The van der Waals surface area contributed by atoms with Gasteiger partial charge in [0, 0.05) is 17.9 Å². The minimum atomic E-state index is -0.524. The summed E-state index contributed by atoms with van der Waals surface area (Å²) >= 11 is 0. The molecule has 0 spiro atoms. The highest BCUT2D eigenvalue weighted by atomic mass is 16.6. The number of hydrogen-bond acceptors (Lipinski definition) is 3. The number of rotatable bonds is 2. The molecule has 4 heteroatoms. The van der Waals surface area contributed by atoms with Gasteiger partial charge in [0.2, 0.25) is 0 Å². The fourth-order valence-electron chi connectivity index (χ4n) is 2.97. The van der Waals surface area contributed by atoms with Gasteiger partial charge in [-0.1, -0.05) is 36.4 Å². The second-order valence-corrected chi connectivity index (χ2v) is 7.08. The molecular weight excluding hydrogens is 300 g/mol. The minimum absolute atomic E-state index is 0.0112. The van der Waals surface area contributed by atoms with Crippen LogP contribution in [0, 0.1) is 0 Å². The molecule has 1 amide bonds. The summed E-state index contributed by atoms with van der Waals surface area (Å²) < 4.78 is 5.65. The van der Waals surface area contributed by atoms with E-state index >= 15 is 0 Å². The van der Waals surface area contributed by atoms with E-state index in [9.17, 15) is 4.79 Å². The molecule has 1 N–H and O–H groups in total. The second-order valence-electron chi connectivity index (χ2n) is 7.08. The molecule has 24 heavy (non-hydrogen) atoms. The number of anilines is 2. The van der Waals surface area contributed by atoms with Crippen LogP contribution in [0.15, 0.2) is 54.6 Å². The lowest BCUT2D eigenvalue weighted by Crippen LogP contribution is -2.49. The molecule has 0 aromatic heterocycles. The van der Waals surface area contributed by atoms with Crippen molar-refractivity contribution in [3.8, 4) is 0 Å². The standard InChI is InChI=1S/C20H24N2O2/c1-20(2,3)24-19(23)22(16-10-5-4-6-11-16)17-13-15-9-7-8-12-18(15)21-14-17/h4-12,17,21H,13-14H2,1-3H3. The van der Waals surface area contributed by atoms with Gasteiger partial charge < -0.3 is 10.1 Å². The van der Waals surface area contributed by atoms with Crippen LogP contribution in [-0.4, -0.2) is 24.3 Å². The number of ether oxygens (including phenoxy) is 1. The van der Waals surface area contributed by atoms with Crippen LogP contribution in [-0.2, 0) is 11.2 Å². The lowest BCUT2D eigenvalue weighted by molar-refractivity contribution is 0.0566. The fraction of sp³-hybridized carbons (Fsp3) is 0.350. The third-order valence-corrected chi connectivity index (χ3v) is 3.99. The van der Waals surface area contributed by atoms with Crippen LogP contribution in [0.2, 0.25) is 0 Å². The molecule has 0 radical (unpaired) electrons. The van der Waals surface area contributed by atoms with Crippen molar-refractivity contribution in [2.75, 3.05) is 16.8 Å². The molecule has 3 rings (SSSR count). The maximum atomic E-state index is 12.8. The number of nitrogens with one attached hydrogen (secondary N) is 1. The molecule has 1 unspecified atom stereocenters. The SMILES string of the molecule is CC(C)(C)OC(=O)N(c1ccccc1)C1CNc2ccccc2C1. The monoisotopic (exact) mass is 324 g/mol. The number of benzene rings is 2. The number of hydrogen-bond donors (Lipinski definition) is 1. The Morgan fingerprint density at radius 1 is 1.08 bits per heavy atom. The van der Waals surface area contributed by atoms with Crippen LogP contribution in [0.25, 0.3) is 0 Å². The summed E-state index contributed by atoms with van der Waals surface area (Å²) in [6.45, 7) is 6.37. The van der Waals surface area contributed by atoms with Gasteiger partial charge >= 0.3 is 6.09 Å². The van der Waals surface area contributed by atoms with E-state index in [0.29, 0.717) is 6.54 Å². The first-order valence-corrected chi connectivity index (χ1v) is 8.33. The fourth-order valence-corrected chi connectivity index (χ4v) is 2.97. The van der Waals surface area contributed by atoms with E-state index in [1.165, 1.54) is 5.56 Å². The Bertz CT molecular complexity index is 707. The summed E-state index contributed by atoms with van der Waals surface area (Å²) in [6.07, 6.45) is 0.497. The minimum Gasteiger partial charge on any atom is -0.443 e. The summed E-state index contributed by atoms with van der Waals surface area (Å²) in [5.41, 5.74) is 2.70. The van der Waals surface area contributed by atoms with Gasteiger partial charge in [-0.25, -0.2) is 4.79 Å². The Kier molecular flexibility index (Phi) is 4.47.